The van der Waals surface area contributed by atoms with Gasteiger partial charge in [-0.2, -0.15) is 0 Å². The molecule has 280 valence electrons. The molecule has 0 aromatic carbocycles. The standard InChI is InChI=1S/C40H82N3.3ClH/c1-3-5-7-9-11-13-15-17-19-21-23-25-27-29-31-33-35-43(37-39(41)40(42)38-43)36-34-32-30-28-26-24-22-20-18-16-14-12-10-8-6-4-2;;;/h17,19,39-40H,3-16,18,20-38,41-42H2,1-2H3;3*1H/q+1;;;/p-1/b19-17+;;;/t39-,40-;;;/m0.../s1. The Balaban J connectivity index is -0.00000616. The Bertz CT molecular complexity index is 594. The zero-order valence-corrected chi connectivity index (χ0v) is 33.5. The van der Waals surface area contributed by atoms with Crippen molar-refractivity contribution in [3.05, 3.63) is 12.2 Å². The molecule has 0 bridgehead atoms. The Morgan fingerprint density at radius 3 is 0.935 bits per heavy atom. The molecule has 0 amide bonds. The predicted molar refractivity (Wildman–Crippen MR) is 209 cm³/mol. The maximum absolute atomic E-state index is 6.43. The van der Waals surface area contributed by atoms with E-state index >= 15 is 0 Å². The highest BCUT2D eigenvalue weighted by atomic mass is 35.5. The van der Waals surface area contributed by atoms with Gasteiger partial charge < -0.3 is 28.4 Å². The molecule has 1 saturated heterocycles. The first-order chi connectivity index (χ1) is 21.1. The summed E-state index contributed by atoms with van der Waals surface area (Å²) in [5, 5.41) is 0. The average Bonchev–Trinajstić information content (AvgIpc) is 3.29. The van der Waals surface area contributed by atoms with Crippen molar-refractivity contribution >= 4 is 24.8 Å². The lowest BCUT2D eigenvalue weighted by Gasteiger charge is -2.35. The second-order valence-electron chi connectivity index (χ2n) is 14.7. The van der Waals surface area contributed by atoms with Crippen LogP contribution in [0.5, 0.6) is 0 Å². The van der Waals surface area contributed by atoms with Crippen LogP contribution >= 0.6 is 24.8 Å². The molecule has 0 radical (unpaired) electrons. The number of nitrogens with zero attached hydrogens (tertiary/aromatic N) is 1. The Hall–Kier alpha value is 0.490. The molecule has 0 aromatic heterocycles. The zero-order chi connectivity index (χ0) is 31.1. The first-order valence-corrected chi connectivity index (χ1v) is 20.1. The van der Waals surface area contributed by atoms with Crippen molar-refractivity contribution in [1.82, 2.24) is 0 Å². The van der Waals surface area contributed by atoms with E-state index in [1.165, 1.54) is 210 Å². The largest absolute Gasteiger partial charge is 1.00 e. The molecule has 46 heavy (non-hydrogen) atoms. The molecular formula is C40H84Cl3N3. The van der Waals surface area contributed by atoms with Gasteiger partial charge in [0.05, 0.1) is 38.3 Å². The van der Waals surface area contributed by atoms with Gasteiger partial charge in [0.2, 0.25) is 0 Å². The Kier molecular flexibility index (Phi) is 42.3. The molecule has 1 aliphatic rings. The summed E-state index contributed by atoms with van der Waals surface area (Å²) in [6.07, 6.45) is 47.2. The minimum Gasteiger partial charge on any atom is -1.00 e. The molecular weight excluding hydrogens is 629 g/mol. The quantitative estimate of drug-likeness (QED) is 0.0405. The summed E-state index contributed by atoms with van der Waals surface area (Å²) >= 11 is 0. The molecule has 0 unspecified atom stereocenters. The van der Waals surface area contributed by atoms with Crippen molar-refractivity contribution in [2.45, 2.75) is 219 Å². The van der Waals surface area contributed by atoms with E-state index in [-0.39, 0.29) is 49.3 Å². The third-order valence-corrected chi connectivity index (χ3v) is 10.4. The van der Waals surface area contributed by atoms with Crippen LogP contribution in [-0.4, -0.2) is 42.7 Å². The third kappa shape index (κ3) is 30.5. The minimum absolute atomic E-state index is 0. The van der Waals surface area contributed by atoms with Crippen LogP contribution in [0.25, 0.3) is 0 Å². The minimum atomic E-state index is 0. The molecule has 0 saturated carbocycles. The van der Waals surface area contributed by atoms with E-state index < -0.39 is 0 Å². The maximum atomic E-state index is 6.43. The SMILES string of the molecule is CCCCCCCC/C=C/CCCCCCCC[N+]1(CCCCCCCCCCCCCCCCCC)C[C@H](N)[C@@H](N)C1.Cl.Cl.[Cl-]. The molecule has 1 rings (SSSR count). The molecule has 2 atom stereocenters. The first kappa shape index (κ1) is 50.9. The van der Waals surface area contributed by atoms with Gasteiger partial charge in [-0.25, -0.2) is 0 Å². The van der Waals surface area contributed by atoms with Crippen LogP contribution in [0.4, 0.5) is 0 Å². The van der Waals surface area contributed by atoms with E-state index in [1.807, 2.05) is 0 Å². The summed E-state index contributed by atoms with van der Waals surface area (Å²) < 4.78 is 1.21. The molecule has 0 spiro atoms. The third-order valence-electron chi connectivity index (χ3n) is 10.4. The summed E-state index contributed by atoms with van der Waals surface area (Å²) in [6, 6.07) is 0.408. The molecule has 1 heterocycles. The van der Waals surface area contributed by atoms with Crippen molar-refractivity contribution < 1.29 is 16.9 Å². The molecule has 4 N–H and O–H groups in total. The van der Waals surface area contributed by atoms with Crippen LogP contribution in [0.1, 0.15) is 206 Å². The number of quaternary nitrogens is 1. The lowest BCUT2D eigenvalue weighted by Crippen LogP contribution is -3.00. The summed E-state index contributed by atoms with van der Waals surface area (Å²) in [5.41, 5.74) is 12.9. The Labute approximate surface area is 308 Å². The monoisotopic (exact) mass is 712 g/mol. The van der Waals surface area contributed by atoms with Gasteiger partial charge in [0.1, 0.15) is 0 Å². The van der Waals surface area contributed by atoms with Crippen molar-refractivity contribution in [3.63, 3.8) is 0 Å². The number of likely N-dealkylation sites (tertiary alicyclic amines) is 1. The predicted octanol–water partition coefficient (Wildman–Crippen LogP) is 9.62. The second-order valence-corrected chi connectivity index (χ2v) is 14.7. The van der Waals surface area contributed by atoms with Crippen LogP contribution < -0.4 is 23.9 Å². The number of rotatable bonds is 33. The van der Waals surface area contributed by atoms with E-state index in [4.69, 9.17) is 11.5 Å². The van der Waals surface area contributed by atoms with Gasteiger partial charge in [0.15, 0.2) is 0 Å². The van der Waals surface area contributed by atoms with Crippen LogP contribution in [0.15, 0.2) is 12.2 Å². The normalized spacial score (nSPS) is 17.1. The molecule has 0 aliphatic carbocycles. The van der Waals surface area contributed by atoms with Crippen LogP contribution in [0.3, 0.4) is 0 Å². The van der Waals surface area contributed by atoms with Gasteiger partial charge in [-0.05, 0) is 51.4 Å². The average molecular weight is 713 g/mol. The van der Waals surface area contributed by atoms with Crippen molar-refractivity contribution in [3.8, 4) is 0 Å². The Morgan fingerprint density at radius 2 is 0.652 bits per heavy atom. The number of allylic oxidation sites excluding steroid dienone is 2. The number of hydrogen-bond donors (Lipinski definition) is 2. The van der Waals surface area contributed by atoms with Crippen molar-refractivity contribution in [2.24, 2.45) is 11.5 Å². The summed E-state index contributed by atoms with van der Waals surface area (Å²) in [4.78, 5) is 0. The molecule has 3 nitrogen and oxygen atoms in total. The fourth-order valence-electron chi connectivity index (χ4n) is 7.41. The van der Waals surface area contributed by atoms with Gasteiger partial charge in [0.25, 0.3) is 0 Å². The van der Waals surface area contributed by atoms with Gasteiger partial charge >= 0.3 is 0 Å². The Morgan fingerprint density at radius 1 is 0.413 bits per heavy atom. The second kappa shape index (κ2) is 38.3. The zero-order valence-electron chi connectivity index (χ0n) is 31.1. The van der Waals surface area contributed by atoms with Gasteiger partial charge in [-0.3, -0.25) is 0 Å². The molecule has 0 aromatic rings. The van der Waals surface area contributed by atoms with E-state index in [0.717, 1.165) is 13.1 Å². The van der Waals surface area contributed by atoms with Crippen molar-refractivity contribution in [1.29, 1.82) is 0 Å². The number of nitrogens with two attached hydrogens (primary N) is 2. The smallest absolute Gasteiger partial charge is 0.0958 e. The highest BCUT2D eigenvalue weighted by Crippen LogP contribution is 2.23. The maximum Gasteiger partial charge on any atom is 0.0958 e. The highest BCUT2D eigenvalue weighted by Gasteiger charge is 2.40. The van der Waals surface area contributed by atoms with Crippen LogP contribution in [0, 0.1) is 0 Å². The fraction of sp³-hybridized carbons (Fsp3) is 0.950. The van der Waals surface area contributed by atoms with Gasteiger partial charge in [0, 0.05) is 0 Å². The van der Waals surface area contributed by atoms with Crippen molar-refractivity contribution in [2.75, 3.05) is 26.2 Å². The highest BCUT2D eigenvalue weighted by molar-refractivity contribution is 5.85. The fourth-order valence-corrected chi connectivity index (χ4v) is 7.41. The van der Waals surface area contributed by atoms with E-state index in [0.29, 0.717) is 0 Å². The number of hydrogen-bond acceptors (Lipinski definition) is 2. The molecule has 1 aliphatic heterocycles. The summed E-state index contributed by atoms with van der Waals surface area (Å²) in [7, 11) is 0. The molecule has 1 fully saturated rings. The van der Waals surface area contributed by atoms with Gasteiger partial charge in [-0.15, -0.1) is 24.8 Å². The topological polar surface area (TPSA) is 52.0 Å². The summed E-state index contributed by atoms with van der Waals surface area (Å²) in [6.45, 7) is 9.45. The lowest BCUT2D eigenvalue weighted by molar-refractivity contribution is -0.917. The molecule has 6 heteroatoms. The van der Waals surface area contributed by atoms with E-state index in [2.05, 4.69) is 26.0 Å². The van der Waals surface area contributed by atoms with Crippen LogP contribution in [-0.2, 0) is 0 Å². The van der Waals surface area contributed by atoms with E-state index in [1.54, 1.807) is 0 Å². The lowest BCUT2D eigenvalue weighted by atomic mass is 10.0. The van der Waals surface area contributed by atoms with Gasteiger partial charge in [-0.1, -0.05) is 167 Å². The number of halogens is 3. The first-order valence-electron chi connectivity index (χ1n) is 20.1. The van der Waals surface area contributed by atoms with Crippen LogP contribution in [0.2, 0.25) is 0 Å². The van der Waals surface area contributed by atoms with E-state index in [9.17, 15) is 0 Å². The number of unbranched alkanes of at least 4 members (excludes halogenated alkanes) is 27. The summed E-state index contributed by atoms with van der Waals surface area (Å²) in [5.74, 6) is 0.